The first-order chi connectivity index (χ1) is 11.5. The average molecular weight is 327 g/mol. The maximum Gasteiger partial charge on any atom is 0.262 e. The molecule has 1 aromatic rings. The van der Waals surface area contributed by atoms with Gasteiger partial charge in [0.05, 0.1) is 11.1 Å². The Morgan fingerprint density at radius 2 is 1.96 bits per heavy atom. The molecule has 24 heavy (non-hydrogen) atoms. The summed E-state index contributed by atoms with van der Waals surface area (Å²) < 4.78 is 0. The molecule has 9 nitrogen and oxygen atoms in total. The van der Waals surface area contributed by atoms with Crippen molar-refractivity contribution in [3.8, 4) is 0 Å². The lowest BCUT2D eigenvalue weighted by molar-refractivity contribution is -0.136. The van der Waals surface area contributed by atoms with Crippen LogP contribution in [0.5, 0.6) is 0 Å². The minimum atomic E-state index is -0.971. The molecule has 1 unspecified atom stereocenters. The maximum atomic E-state index is 12.6. The number of rotatable bonds is 4. The third kappa shape index (κ3) is 2.61. The highest BCUT2D eigenvalue weighted by atomic mass is 16.2. The molecule has 0 aromatic heterocycles. The molecular weight excluding hydrogens is 314 g/mol. The van der Waals surface area contributed by atoms with Gasteiger partial charge in [0, 0.05) is 17.9 Å². The van der Waals surface area contributed by atoms with Gasteiger partial charge in [-0.2, -0.15) is 0 Å². The van der Waals surface area contributed by atoms with Crippen LogP contribution in [0.3, 0.4) is 0 Å². The summed E-state index contributed by atoms with van der Waals surface area (Å²) >= 11 is 0. The second-order valence-electron chi connectivity index (χ2n) is 5.53. The van der Waals surface area contributed by atoms with Crippen molar-refractivity contribution >= 4 is 23.6 Å². The number of piperidine rings is 1. The van der Waals surface area contributed by atoms with Crippen molar-refractivity contribution in [2.45, 2.75) is 25.3 Å². The highest BCUT2D eigenvalue weighted by Gasteiger charge is 2.44. The van der Waals surface area contributed by atoms with Crippen LogP contribution < -0.4 is 5.32 Å². The number of benzene rings is 1. The number of imide groups is 2. The van der Waals surface area contributed by atoms with Gasteiger partial charge in [-0.15, -0.1) is 0 Å². The van der Waals surface area contributed by atoms with Crippen molar-refractivity contribution in [3.63, 3.8) is 0 Å². The number of azide groups is 1. The Morgan fingerprint density at radius 3 is 2.67 bits per heavy atom. The van der Waals surface area contributed by atoms with Crippen molar-refractivity contribution in [3.05, 3.63) is 45.3 Å². The van der Waals surface area contributed by atoms with Gasteiger partial charge in [0.25, 0.3) is 11.8 Å². The van der Waals surface area contributed by atoms with Gasteiger partial charge in [-0.1, -0.05) is 11.2 Å². The number of hydrogen-bond acceptors (Lipinski definition) is 5. The Kier molecular flexibility index (Phi) is 4.01. The molecule has 1 fully saturated rings. The Bertz CT molecular complexity index is 812. The lowest BCUT2D eigenvalue weighted by Crippen LogP contribution is -2.54. The molecule has 2 aliphatic rings. The van der Waals surface area contributed by atoms with Gasteiger partial charge < -0.3 is 0 Å². The molecule has 0 aliphatic carbocycles. The van der Waals surface area contributed by atoms with E-state index in [4.69, 9.17) is 5.53 Å². The topological polar surface area (TPSA) is 132 Å². The van der Waals surface area contributed by atoms with Gasteiger partial charge in [0.1, 0.15) is 6.04 Å². The molecule has 3 rings (SSSR count). The van der Waals surface area contributed by atoms with Gasteiger partial charge in [-0.05, 0) is 36.1 Å². The Balaban J connectivity index is 1.86. The monoisotopic (exact) mass is 327 g/mol. The van der Waals surface area contributed by atoms with E-state index in [-0.39, 0.29) is 30.5 Å². The number of hydrogen-bond donors (Lipinski definition) is 1. The molecule has 1 saturated heterocycles. The average Bonchev–Trinajstić information content (AvgIpc) is 2.80. The smallest absolute Gasteiger partial charge is 0.262 e. The second-order valence-corrected chi connectivity index (χ2v) is 5.53. The highest BCUT2D eigenvalue weighted by molar-refractivity contribution is 6.23. The molecule has 2 aliphatic heterocycles. The standard InChI is InChI=1S/C15H13N5O4/c16-19-17-6-5-8-1-2-9-10(7-8)15(24)20(14(9)23)11-3-4-12(21)18-13(11)22/h1-2,7,11H,3-6H2,(H,18,21,22). The number of nitrogens with one attached hydrogen (secondary N) is 1. The molecule has 0 bridgehead atoms. The molecule has 1 aromatic carbocycles. The van der Waals surface area contributed by atoms with Crippen LogP contribution in [0.4, 0.5) is 0 Å². The van der Waals surface area contributed by atoms with Gasteiger partial charge in [-0.3, -0.25) is 29.4 Å². The molecule has 0 radical (unpaired) electrons. The lowest BCUT2D eigenvalue weighted by atomic mass is 10.0. The van der Waals surface area contributed by atoms with E-state index < -0.39 is 29.7 Å². The molecular formula is C15H13N5O4. The molecule has 9 heteroatoms. The van der Waals surface area contributed by atoms with Crippen LogP contribution in [0, 0.1) is 0 Å². The molecule has 0 saturated carbocycles. The second kappa shape index (κ2) is 6.13. The summed E-state index contributed by atoms with van der Waals surface area (Å²) in [7, 11) is 0. The fourth-order valence-electron chi connectivity index (χ4n) is 2.90. The zero-order valence-electron chi connectivity index (χ0n) is 12.6. The van der Waals surface area contributed by atoms with Gasteiger partial charge >= 0.3 is 0 Å². The van der Waals surface area contributed by atoms with E-state index in [0.717, 1.165) is 10.5 Å². The van der Waals surface area contributed by atoms with E-state index in [1.807, 2.05) is 0 Å². The Morgan fingerprint density at radius 1 is 1.21 bits per heavy atom. The summed E-state index contributed by atoms with van der Waals surface area (Å²) in [5.41, 5.74) is 9.51. The number of fused-ring (bicyclic) bond motifs is 1. The van der Waals surface area contributed by atoms with Crippen LogP contribution in [-0.2, 0) is 16.0 Å². The predicted octanol–water partition coefficient (Wildman–Crippen LogP) is 0.941. The third-order valence-corrected chi connectivity index (χ3v) is 4.07. The van der Waals surface area contributed by atoms with Gasteiger partial charge in [0.15, 0.2) is 0 Å². The molecule has 2 heterocycles. The zero-order chi connectivity index (χ0) is 17.3. The first kappa shape index (κ1) is 15.7. The minimum Gasteiger partial charge on any atom is -0.295 e. The van der Waals surface area contributed by atoms with Crippen molar-refractivity contribution in [2.24, 2.45) is 5.11 Å². The van der Waals surface area contributed by atoms with Crippen LogP contribution in [0.2, 0.25) is 0 Å². The quantitative estimate of drug-likeness (QED) is 0.381. The molecule has 1 N–H and O–H groups in total. The summed E-state index contributed by atoms with van der Waals surface area (Å²) in [5, 5.41) is 5.58. The fourth-order valence-corrected chi connectivity index (χ4v) is 2.90. The summed E-state index contributed by atoms with van der Waals surface area (Å²) in [6, 6.07) is 3.83. The van der Waals surface area contributed by atoms with E-state index in [0.29, 0.717) is 6.42 Å². The number of carbonyl (C=O) groups excluding carboxylic acids is 4. The fraction of sp³-hybridized carbons (Fsp3) is 0.333. The van der Waals surface area contributed by atoms with Gasteiger partial charge in [0.2, 0.25) is 11.8 Å². The molecule has 0 spiro atoms. The summed E-state index contributed by atoms with van der Waals surface area (Å²) in [5.74, 6) is -2.13. The first-order valence-electron chi connectivity index (χ1n) is 7.38. The van der Waals surface area contributed by atoms with Crippen LogP contribution in [0.25, 0.3) is 10.4 Å². The van der Waals surface area contributed by atoms with E-state index in [1.165, 1.54) is 6.07 Å². The number of amides is 4. The SMILES string of the molecule is [N-]=[N+]=NCCc1ccc2c(c1)C(=O)N(C1CCC(=O)NC1=O)C2=O. The van der Waals surface area contributed by atoms with E-state index in [2.05, 4.69) is 15.3 Å². The number of nitrogens with zero attached hydrogens (tertiary/aromatic N) is 4. The van der Waals surface area contributed by atoms with Crippen LogP contribution in [-0.4, -0.2) is 41.1 Å². The van der Waals surface area contributed by atoms with Crippen LogP contribution in [0.1, 0.15) is 39.1 Å². The van der Waals surface area contributed by atoms with Crippen molar-refractivity contribution in [1.29, 1.82) is 0 Å². The third-order valence-electron chi connectivity index (χ3n) is 4.07. The van der Waals surface area contributed by atoms with Crippen molar-refractivity contribution < 1.29 is 19.2 Å². The summed E-state index contributed by atoms with van der Waals surface area (Å²) in [6.45, 7) is 0.244. The molecule has 4 amide bonds. The van der Waals surface area contributed by atoms with Crippen LogP contribution in [0.15, 0.2) is 23.3 Å². The zero-order valence-corrected chi connectivity index (χ0v) is 12.6. The summed E-state index contributed by atoms with van der Waals surface area (Å²) in [6.07, 6.45) is 0.651. The summed E-state index contributed by atoms with van der Waals surface area (Å²) in [4.78, 5) is 51.8. The van der Waals surface area contributed by atoms with E-state index >= 15 is 0 Å². The Labute approximate surface area is 136 Å². The van der Waals surface area contributed by atoms with E-state index in [9.17, 15) is 19.2 Å². The lowest BCUT2D eigenvalue weighted by Gasteiger charge is -2.27. The first-order valence-corrected chi connectivity index (χ1v) is 7.38. The van der Waals surface area contributed by atoms with Crippen molar-refractivity contribution in [2.75, 3.05) is 6.54 Å². The van der Waals surface area contributed by atoms with Crippen molar-refractivity contribution in [1.82, 2.24) is 10.2 Å². The number of carbonyl (C=O) groups is 4. The maximum absolute atomic E-state index is 12.6. The molecule has 1 atom stereocenters. The predicted molar refractivity (Wildman–Crippen MR) is 80.8 cm³/mol. The normalized spacial score (nSPS) is 19.8. The Hall–Kier alpha value is -3.19. The van der Waals surface area contributed by atoms with E-state index in [1.54, 1.807) is 12.1 Å². The largest absolute Gasteiger partial charge is 0.295 e. The highest BCUT2D eigenvalue weighted by Crippen LogP contribution is 2.28. The molecule has 122 valence electrons. The minimum absolute atomic E-state index is 0.0845. The van der Waals surface area contributed by atoms with Gasteiger partial charge in [-0.25, -0.2) is 0 Å². The van der Waals surface area contributed by atoms with Crippen LogP contribution >= 0.6 is 0 Å².